The molecule has 9 nitrogen and oxygen atoms in total. The molecule has 0 spiro atoms. The van der Waals surface area contributed by atoms with Crippen molar-refractivity contribution >= 4 is 39.3 Å². The molecular formula is C28H28N8O. The van der Waals surface area contributed by atoms with Gasteiger partial charge in [-0.2, -0.15) is 5.10 Å². The fourth-order valence-corrected chi connectivity index (χ4v) is 5.37. The van der Waals surface area contributed by atoms with Crippen LogP contribution in [-0.2, 0) is 4.79 Å². The second-order valence-electron chi connectivity index (χ2n) is 10.1. The highest BCUT2D eigenvalue weighted by Gasteiger charge is 2.25. The number of hydrogen-bond acceptors (Lipinski definition) is 6. The van der Waals surface area contributed by atoms with Crippen LogP contribution in [0.15, 0.2) is 49.1 Å². The Balaban J connectivity index is 1.23. The number of H-pyrrole nitrogens is 2. The van der Waals surface area contributed by atoms with Crippen LogP contribution in [0.3, 0.4) is 0 Å². The molecule has 6 heterocycles. The number of anilines is 2. The summed E-state index contributed by atoms with van der Waals surface area (Å²) in [6.45, 7) is 2.08. The molecule has 3 N–H and O–H groups in total. The molecular weight excluding hydrogens is 464 g/mol. The van der Waals surface area contributed by atoms with Gasteiger partial charge in [-0.25, -0.2) is 9.97 Å². The van der Waals surface area contributed by atoms with Gasteiger partial charge < -0.3 is 15.2 Å². The predicted octanol–water partition coefficient (Wildman–Crippen LogP) is 5.29. The molecule has 9 heteroatoms. The Kier molecular flexibility index (Phi) is 5.34. The van der Waals surface area contributed by atoms with Crippen LogP contribution in [0, 0.1) is 5.92 Å². The molecule has 1 amide bonds. The van der Waals surface area contributed by atoms with Crippen molar-refractivity contribution in [3.8, 4) is 22.5 Å². The SMILES string of the molecule is O=C(Nc1cncc(-c2cnc3[nH]nc(-c4cc5c(N6CCCCC6)nccc5[nH]4)c3c2)c1)C1CCC1. The van der Waals surface area contributed by atoms with Crippen LogP contribution in [0.1, 0.15) is 38.5 Å². The summed E-state index contributed by atoms with van der Waals surface area (Å²) in [4.78, 5) is 32.0. The number of aromatic nitrogens is 6. The average Bonchev–Trinajstić information content (AvgIpc) is 3.52. The fourth-order valence-electron chi connectivity index (χ4n) is 5.37. The van der Waals surface area contributed by atoms with E-state index >= 15 is 0 Å². The molecule has 5 aromatic heterocycles. The molecule has 0 aromatic carbocycles. The Morgan fingerprint density at radius 3 is 2.65 bits per heavy atom. The van der Waals surface area contributed by atoms with Gasteiger partial charge in [0.2, 0.25) is 5.91 Å². The Morgan fingerprint density at radius 1 is 0.946 bits per heavy atom. The Hall–Kier alpha value is -4.27. The van der Waals surface area contributed by atoms with Crippen molar-refractivity contribution in [3.63, 3.8) is 0 Å². The standard InChI is InChI=1S/C28H28N8O/c37-28(17-5-4-6-17)32-20-11-18(14-29-16-20)19-12-22-25(34-35-26(22)31-15-19)24-13-21-23(33-24)7-8-30-27(21)36-9-2-1-3-10-36/h7-8,11-17,33H,1-6,9-10H2,(H,32,37)(H,31,34,35). The van der Waals surface area contributed by atoms with Crippen LogP contribution >= 0.6 is 0 Å². The lowest BCUT2D eigenvalue weighted by Gasteiger charge is -2.28. The summed E-state index contributed by atoms with van der Waals surface area (Å²) < 4.78 is 0. The Morgan fingerprint density at radius 2 is 1.81 bits per heavy atom. The number of piperidine rings is 1. The predicted molar refractivity (Wildman–Crippen MR) is 144 cm³/mol. The number of carbonyl (C=O) groups is 1. The summed E-state index contributed by atoms with van der Waals surface area (Å²) in [7, 11) is 0. The van der Waals surface area contributed by atoms with Gasteiger partial charge in [0.05, 0.1) is 23.1 Å². The van der Waals surface area contributed by atoms with Crippen molar-refractivity contribution in [1.29, 1.82) is 0 Å². The highest BCUT2D eigenvalue weighted by molar-refractivity contribution is 5.99. The summed E-state index contributed by atoms with van der Waals surface area (Å²) >= 11 is 0. The maximum absolute atomic E-state index is 12.4. The zero-order valence-corrected chi connectivity index (χ0v) is 20.5. The monoisotopic (exact) mass is 492 g/mol. The van der Waals surface area contributed by atoms with Crippen molar-refractivity contribution in [2.24, 2.45) is 5.92 Å². The van der Waals surface area contributed by atoms with E-state index < -0.39 is 0 Å². The van der Waals surface area contributed by atoms with Gasteiger partial charge in [0.15, 0.2) is 5.65 Å². The number of nitrogens with one attached hydrogen (secondary N) is 3. The normalized spacial score (nSPS) is 16.3. The summed E-state index contributed by atoms with van der Waals surface area (Å²) in [5, 5.41) is 12.7. The lowest BCUT2D eigenvalue weighted by Crippen LogP contribution is -2.30. The van der Waals surface area contributed by atoms with Crippen LogP contribution in [0.25, 0.3) is 44.5 Å². The minimum absolute atomic E-state index is 0.0770. The van der Waals surface area contributed by atoms with Gasteiger partial charge in [-0.3, -0.25) is 14.9 Å². The van der Waals surface area contributed by atoms with Gasteiger partial charge in [0, 0.05) is 59.5 Å². The lowest BCUT2D eigenvalue weighted by atomic mass is 9.85. The van der Waals surface area contributed by atoms with Gasteiger partial charge in [-0.05, 0) is 56.4 Å². The molecule has 2 aliphatic rings. The van der Waals surface area contributed by atoms with E-state index in [1.54, 1.807) is 12.4 Å². The molecule has 2 fully saturated rings. The highest BCUT2D eigenvalue weighted by atomic mass is 16.1. The summed E-state index contributed by atoms with van der Waals surface area (Å²) in [6, 6.07) is 8.18. The van der Waals surface area contributed by atoms with Crippen molar-refractivity contribution in [1.82, 2.24) is 30.1 Å². The van der Waals surface area contributed by atoms with E-state index in [1.165, 1.54) is 19.3 Å². The largest absolute Gasteiger partial charge is 0.356 e. The molecule has 0 radical (unpaired) electrons. The van der Waals surface area contributed by atoms with Crippen LogP contribution in [0.5, 0.6) is 0 Å². The molecule has 37 heavy (non-hydrogen) atoms. The number of pyridine rings is 3. The van der Waals surface area contributed by atoms with Crippen LogP contribution in [0.4, 0.5) is 11.5 Å². The van der Waals surface area contributed by atoms with Gasteiger partial charge in [0.1, 0.15) is 11.5 Å². The van der Waals surface area contributed by atoms with Gasteiger partial charge in [0.25, 0.3) is 0 Å². The molecule has 1 aliphatic heterocycles. The topological polar surface area (TPSA) is 115 Å². The smallest absolute Gasteiger partial charge is 0.227 e. The van der Waals surface area contributed by atoms with E-state index in [1.807, 2.05) is 24.5 Å². The number of carbonyl (C=O) groups excluding carboxylic acids is 1. The number of fused-ring (bicyclic) bond motifs is 2. The van der Waals surface area contributed by atoms with Crippen molar-refractivity contribution in [2.45, 2.75) is 38.5 Å². The van der Waals surface area contributed by atoms with E-state index in [4.69, 9.17) is 4.98 Å². The zero-order valence-electron chi connectivity index (χ0n) is 20.5. The average molecular weight is 493 g/mol. The number of rotatable bonds is 5. The number of nitrogens with zero attached hydrogens (tertiary/aromatic N) is 5. The molecule has 1 saturated carbocycles. The van der Waals surface area contributed by atoms with E-state index in [9.17, 15) is 4.79 Å². The summed E-state index contributed by atoms with van der Waals surface area (Å²) in [5.41, 5.74) is 6.00. The van der Waals surface area contributed by atoms with Crippen LogP contribution < -0.4 is 10.2 Å². The summed E-state index contributed by atoms with van der Waals surface area (Å²) in [5.74, 6) is 1.23. The molecule has 1 aliphatic carbocycles. The van der Waals surface area contributed by atoms with Crippen molar-refractivity contribution in [3.05, 3.63) is 49.1 Å². The van der Waals surface area contributed by atoms with Gasteiger partial charge >= 0.3 is 0 Å². The second kappa shape index (κ2) is 8.99. The first kappa shape index (κ1) is 22.0. The highest BCUT2D eigenvalue weighted by Crippen LogP contribution is 2.34. The minimum Gasteiger partial charge on any atom is -0.356 e. The van der Waals surface area contributed by atoms with Gasteiger partial charge in [-0.1, -0.05) is 6.42 Å². The first-order valence-corrected chi connectivity index (χ1v) is 13.1. The first-order valence-electron chi connectivity index (χ1n) is 13.1. The van der Waals surface area contributed by atoms with E-state index in [2.05, 4.69) is 47.5 Å². The van der Waals surface area contributed by atoms with E-state index in [-0.39, 0.29) is 11.8 Å². The number of aromatic amines is 2. The molecule has 1 saturated heterocycles. The van der Waals surface area contributed by atoms with Gasteiger partial charge in [-0.15, -0.1) is 0 Å². The quantitative estimate of drug-likeness (QED) is 0.307. The van der Waals surface area contributed by atoms with Crippen molar-refractivity contribution in [2.75, 3.05) is 23.3 Å². The molecule has 0 unspecified atom stereocenters. The van der Waals surface area contributed by atoms with E-state index in [0.717, 1.165) is 77.0 Å². The van der Waals surface area contributed by atoms with Crippen LogP contribution in [-0.4, -0.2) is 49.1 Å². The number of amides is 1. The minimum atomic E-state index is 0.0770. The van der Waals surface area contributed by atoms with Crippen LogP contribution in [0.2, 0.25) is 0 Å². The maximum atomic E-state index is 12.4. The molecule has 5 aromatic rings. The Bertz CT molecular complexity index is 1610. The van der Waals surface area contributed by atoms with E-state index in [0.29, 0.717) is 11.3 Å². The molecule has 7 rings (SSSR count). The number of hydrogen-bond donors (Lipinski definition) is 3. The fraction of sp³-hybridized carbons (Fsp3) is 0.321. The molecule has 186 valence electrons. The lowest BCUT2D eigenvalue weighted by molar-refractivity contribution is -0.122. The maximum Gasteiger partial charge on any atom is 0.227 e. The summed E-state index contributed by atoms with van der Waals surface area (Å²) in [6.07, 6.45) is 13.9. The Labute approximate surface area is 213 Å². The first-order chi connectivity index (χ1) is 18.2. The zero-order chi connectivity index (χ0) is 24.8. The third-order valence-electron chi connectivity index (χ3n) is 7.67. The second-order valence-corrected chi connectivity index (χ2v) is 10.1. The third kappa shape index (κ3) is 4.00. The third-order valence-corrected chi connectivity index (χ3v) is 7.67. The molecule has 0 bridgehead atoms. The molecule has 0 atom stereocenters. The van der Waals surface area contributed by atoms with Crippen molar-refractivity contribution < 1.29 is 4.79 Å².